The Morgan fingerprint density at radius 1 is 1.10 bits per heavy atom. The first-order chi connectivity index (χ1) is 9.18. The molecule has 0 unspecified atom stereocenters. The molecule has 0 amide bonds. The van der Waals surface area contributed by atoms with E-state index in [2.05, 4.69) is 10.8 Å². The second-order valence-corrected chi connectivity index (χ2v) is 9.04. The molecule has 1 aliphatic carbocycles. The Morgan fingerprint density at radius 3 is 2.05 bits per heavy atom. The number of rotatable bonds is 4. The summed E-state index contributed by atoms with van der Waals surface area (Å²) in [6, 6.07) is 2.25. The lowest BCUT2D eigenvalue weighted by Gasteiger charge is -2.30. The van der Waals surface area contributed by atoms with Gasteiger partial charge in [-0.05, 0) is 24.7 Å². The molecular weight excluding hydrogens is 272 g/mol. The molecule has 1 saturated carbocycles. The van der Waals surface area contributed by atoms with Gasteiger partial charge >= 0.3 is 0 Å². The molecule has 0 aromatic rings. The second kappa shape index (κ2) is 6.91. The summed E-state index contributed by atoms with van der Waals surface area (Å²) in [5.41, 5.74) is -0.896. The molecule has 4 nitrogen and oxygen atoms in total. The smallest absolute Gasteiger partial charge is 0.212 e. The standard InChI is InChI=1S/C15H28N2O2S/c1-14(2,3)11-12-20(18,19)17-15(13-16)9-7-5-4-6-8-10-15/h17H,4-12H2,1-3H3. The maximum Gasteiger partial charge on any atom is 0.212 e. The van der Waals surface area contributed by atoms with E-state index in [0.29, 0.717) is 19.3 Å². The van der Waals surface area contributed by atoms with E-state index in [1.165, 1.54) is 6.42 Å². The molecule has 0 aromatic carbocycles. The Balaban J connectivity index is 2.72. The zero-order valence-electron chi connectivity index (χ0n) is 13.0. The average molecular weight is 300 g/mol. The Kier molecular flexibility index (Phi) is 6.03. The Labute approximate surface area is 124 Å². The van der Waals surface area contributed by atoms with Gasteiger partial charge in [0.15, 0.2) is 0 Å². The third-order valence-electron chi connectivity index (χ3n) is 3.89. The van der Waals surface area contributed by atoms with Crippen LogP contribution in [0.1, 0.15) is 72.1 Å². The molecule has 0 spiro atoms. The van der Waals surface area contributed by atoms with Crippen LogP contribution in [-0.2, 0) is 10.0 Å². The van der Waals surface area contributed by atoms with Crippen molar-refractivity contribution >= 4 is 10.0 Å². The molecule has 0 bridgehead atoms. The monoisotopic (exact) mass is 300 g/mol. The van der Waals surface area contributed by atoms with E-state index in [0.717, 1.165) is 25.7 Å². The lowest BCUT2D eigenvalue weighted by molar-refractivity contribution is 0.353. The lowest BCUT2D eigenvalue weighted by atomic mass is 9.86. The fraction of sp³-hybridized carbons (Fsp3) is 0.933. The maximum absolute atomic E-state index is 12.2. The maximum atomic E-state index is 12.2. The molecule has 1 rings (SSSR count). The second-order valence-electron chi connectivity index (χ2n) is 7.19. The van der Waals surface area contributed by atoms with Crippen molar-refractivity contribution < 1.29 is 8.42 Å². The Morgan fingerprint density at radius 2 is 1.60 bits per heavy atom. The molecule has 1 N–H and O–H groups in total. The zero-order chi connectivity index (χ0) is 15.3. The van der Waals surface area contributed by atoms with Crippen molar-refractivity contribution in [2.45, 2.75) is 77.7 Å². The van der Waals surface area contributed by atoms with E-state index in [9.17, 15) is 13.7 Å². The van der Waals surface area contributed by atoms with E-state index in [1.54, 1.807) is 0 Å². The summed E-state index contributed by atoms with van der Waals surface area (Å²) >= 11 is 0. The molecule has 20 heavy (non-hydrogen) atoms. The Hall–Kier alpha value is -0.600. The van der Waals surface area contributed by atoms with Gasteiger partial charge in [-0.15, -0.1) is 0 Å². The van der Waals surface area contributed by atoms with E-state index < -0.39 is 15.6 Å². The topological polar surface area (TPSA) is 70.0 Å². The number of hydrogen-bond acceptors (Lipinski definition) is 3. The van der Waals surface area contributed by atoms with Gasteiger partial charge in [-0.1, -0.05) is 52.9 Å². The minimum atomic E-state index is -3.39. The summed E-state index contributed by atoms with van der Waals surface area (Å²) in [5.74, 6) is 0.0972. The summed E-state index contributed by atoms with van der Waals surface area (Å²) < 4.78 is 27.2. The van der Waals surface area contributed by atoms with Gasteiger partial charge in [-0.3, -0.25) is 0 Å². The fourth-order valence-electron chi connectivity index (χ4n) is 2.53. The normalized spacial score (nSPS) is 20.7. The molecule has 5 heteroatoms. The van der Waals surface area contributed by atoms with E-state index in [1.807, 2.05) is 20.8 Å². The van der Waals surface area contributed by atoms with Crippen molar-refractivity contribution in [2.24, 2.45) is 5.41 Å². The van der Waals surface area contributed by atoms with Crippen molar-refractivity contribution in [3.8, 4) is 6.07 Å². The number of nitrogens with zero attached hydrogens (tertiary/aromatic N) is 1. The van der Waals surface area contributed by atoms with Crippen LogP contribution in [-0.4, -0.2) is 19.7 Å². The van der Waals surface area contributed by atoms with Gasteiger partial charge < -0.3 is 0 Å². The van der Waals surface area contributed by atoms with Gasteiger partial charge in [0, 0.05) is 0 Å². The quantitative estimate of drug-likeness (QED) is 0.865. The molecule has 0 radical (unpaired) electrons. The molecule has 0 atom stereocenters. The highest BCUT2D eigenvalue weighted by Gasteiger charge is 2.34. The first-order valence-corrected chi connectivity index (χ1v) is 9.26. The lowest BCUT2D eigenvalue weighted by Crippen LogP contribution is -2.48. The van der Waals surface area contributed by atoms with Crippen LogP contribution in [0.2, 0.25) is 0 Å². The van der Waals surface area contributed by atoms with Crippen LogP contribution < -0.4 is 4.72 Å². The van der Waals surface area contributed by atoms with Gasteiger partial charge in [0.2, 0.25) is 10.0 Å². The highest BCUT2D eigenvalue weighted by Crippen LogP contribution is 2.27. The molecule has 116 valence electrons. The van der Waals surface area contributed by atoms with Crippen LogP contribution in [0.5, 0.6) is 0 Å². The summed E-state index contributed by atoms with van der Waals surface area (Å²) in [7, 11) is -3.39. The molecule has 1 aliphatic rings. The van der Waals surface area contributed by atoms with E-state index in [4.69, 9.17) is 0 Å². The summed E-state index contributed by atoms with van der Waals surface area (Å²) in [4.78, 5) is 0. The summed E-state index contributed by atoms with van der Waals surface area (Å²) in [5, 5.41) is 9.47. The van der Waals surface area contributed by atoms with Crippen LogP contribution in [0, 0.1) is 16.7 Å². The van der Waals surface area contributed by atoms with Crippen molar-refractivity contribution in [1.82, 2.24) is 4.72 Å². The van der Waals surface area contributed by atoms with Crippen LogP contribution in [0.25, 0.3) is 0 Å². The highest BCUT2D eigenvalue weighted by molar-refractivity contribution is 7.89. The van der Waals surface area contributed by atoms with Crippen LogP contribution in [0.3, 0.4) is 0 Å². The highest BCUT2D eigenvalue weighted by atomic mass is 32.2. The number of nitrogens with one attached hydrogen (secondary N) is 1. The van der Waals surface area contributed by atoms with Crippen molar-refractivity contribution in [3.05, 3.63) is 0 Å². The first-order valence-electron chi connectivity index (χ1n) is 7.61. The molecule has 0 aromatic heterocycles. The van der Waals surface area contributed by atoms with E-state index >= 15 is 0 Å². The minimum Gasteiger partial charge on any atom is -0.212 e. The predicted molar refractivity (Wildman–Crippen MR) is 81.7 cm³/mol. The van der Waals surface area contributed by atoms with Crippen LogP contribution >= 0.6 is 0 Å². The Bertz CT molecular complexity index is 435. The third kappa shape index (κ3) is 6.23. The third-order valence-corrected chi connectivity index (χ3v) is 5.34. The van der Waals surface area contributed by atoms with Crippen molar-refractivity contribution in [1.29, 1.82) is 5.26 Å². The molecular formula is C15H28N2O2S. The molecule has 1 fully saturated rings. The molecule has 0 saturated heterocycles. The van der Waals surface area contributed by atoms with Crippen LogP contribution in [0.4, 0.5) is 0 Å². The zero-order valence-corrected chi connectivity index (χ0v) is 13.9. The SMILES string of the molecule is CC(C)(C)CCS(=O)(=O)NC1(C#N)CCCCCCC1. The first kappa shape index (κ1) is 17.5. The molecule has 0 aliphatic heterocycles. The average Bonchev–Trinajstić information content (AvgIpc) is 2.30. The fourth-order valence-corrected chi connectivity index (χ4v) is 4.36. The van der Waals surface area contributed by atoms with E-state index in [-0.39, 0.29) is 11.2 Å². The number of sulfonamides is 1. The van der Waals surface area contributed by atoms with Gasteiger partial charge in [0.1, 0.15) is 5.54 Å². The van der Waals surface area contributed by atoms with Crippen molar-refractivity contribution in [3.63, 3.8) is 0 Å². The van der Waals surface area contributed by atoms with Gasteiger partial charge in [-0.2, -0.15) is 9.98 Å². The van der Waals surface area contributed by atoms with Crippen LogP contribution in [0.15, 0.2) is 0 Å². The van der Waals surface area contributed by atoms with Gasteiger partial charge in [0.25, 0.3) is 0 Å². The molecule has 0 heterocycles. The van der Waals surface area contributed by atoms with Gasteiger partial charge in [0.05, 0.1) is 11.8 Å². The number of nitriles is 1. The van der Waals surface area contributed by atoms with Crippen molar-refractivity contribution in [2.75, 3.05) is 5.75 Å². The number of hydrogen-bond donors (Lipinski definition) is 1. The summed E-state index contributed by atoms with van der Waals surface area (Å²) in [6.07, 6.45) is 7.10. The minimum absolute atomic E-state index is 0.0184. The summed E-state index contributed by atoms with van der Waals surface area (Å²) in [6.45, 7) is 6.08. The van der Waals surface area contributed by atoms with Gasteiger partial charge in [-0.25, -0.2) is 8.42 Å². The predicted octanol–water partition coefficient (Wildman–Crippen LogP) is 3.35. The largest absolute Gasteiger partial charge is 0.212 e.